The molecule has 3 heterocycles. The van der Waals surface area contributed by atoms with Gasteiger partial charge >= 0.3 is 0 Å². The van der Waals surface area contributed by atoms with E-state index in [1.165, 1.54) is 23.5 Å². The maximum atomic E-state index is 12.3. The number of amidine groups is 1. The van der Waals surface area contributed by atoms with Crippen molar-refractivity contribution in [2.45, 2.75) is 11.5 Å². The van der Waals surface area contributed by atoms with Crippen LogP contribution in [0.2, 0.25) is 0 Å². The highest BCUT2D eigenvalue weighted by Gasteiger charge is 2.26. The lowest BCUT2D eigenvalue weighted by Crippen LogP contribution is -2.18. The third kappa shape index (κ3) is 3.66. The Hall–Kier alpha value is -3.24. The number of amides is 1. The molecule has 4 aromatic rings. The van der Waals surface area contributed by atoms with Crippen LogP contribution in [0.15, 0.2) is 63.4 Å². The molecule has 0 atom stereocenters. The van der Waals surface area contributed by atoms with Gasteiger partial charge in [-0.25, -0.2) is 15.4 Å². The van der Waals surface area contributed by atoms with Gasteiger partial charge in [0.2, 0.25) is 0 Å². The number of nitrogens with two attached hydrogens (primary N) is 1. The van der Waals surface area contributed by atoms with Crippen molar-refractivity contribution >= 4 is 57.3 Å². The Kier molecular flexibility index (Phi) is 4.93. The molecule has 2 aromatic heterocycles. The minimum absolute atomic E-state index is 0.198. The molecule has 0 fully saturated rings. The Labute approximate surface area is 179 Å². The number of carbonyl (C=O) groups is 1. The van der Waals surface area contributed by atoms with Gasteiger partial charge in [0.15, 0.2) is 5.84 Å². The van der Waals surface area contributed by atoms with Crippen LogP contribution in [0.1, 0.15) is 11.6 Å². The second-order valence-corrected chi connectivity index (χ2v) is 8.81. The van der Waals surface area contributed by atoms with E-state index in [0.29, 0.717) is 17.1 Å². The monoisotopic (exact) mass is 435 g/mol. The molecule has 1 amide bonds. The summed E-state index contributed by atoms with van der Waals surface area (Å²) in [7, 11) is 0. The average Bonchev–Trinajstić information content (AvgIpc) is 3.45. The first-order valence-corrected chi connectivity index (χ1v) is 11.2. The third-order valence-electron chi connectivity index (χ3n) is 4.52. The number of thioether (sulfide) groups is 2. The number of hydrazone groups is 1. The van der Waals surface area contributed by atoms with Gasteiger partial charge in [0.1, 0.15) is 17.2 Å². The van der Waals surface area contributed by atoms with Crippen LogP contribution in [-0.2, 0) is 16.3 Å². The number of aromatic amines is 2. The molecule has 5 N–H and O–H groups in total. The van der Waals surface area contributed by atoms with Crippen molar-refractivity contribution in [3.63, 3.8) is 0 Å². The van der Waals surface area contributed by atoms with E-state index >= 15 is 0 Å². The van der Waals surface area contributed by atoms with Crippen molar-refractivity contribution < 1.29 is 4.79 Å². The van der Waals surface area contributed by atoms with Crippen LogP contribution >= 0.6 is 23.5 Å². The number of hydrogen-bond acceptors (Lipinski definition) is 7. The molecule has 0 saturated carbocycles. The SMILES string of the molecule is NC1=NNC(=O)C1=C(SCc1nc2ccccc2[nH]1)SCc1nc2ccccc2[nH]1. The number of imidazole rings is 2. The van der Waals surface area contributed by atoms with Gasteiger partial charge in [0.25, 0.3) is 5.91 Å². The zero-order valence-corrected chi connectivity index (χ0v) is 17.3. The number of H-pyrrole nitrogens is 2. The number of nitrogens with one attached hydrogen (secondary N) is 3. The zero-order chi connectivity index (χ0) is 20.5. The number of carbonyl (C=O) groups excluding carboxylic acids is 1. The smallest absolute Gasteiger partial charge is 0.276 e. The molecule has 1 aliphatic heterocycles. The van der Waals surface area contributed by atoms with Crippen LogP contribution in [0.25, 0.3) is 22.1 Å². The molecule has 8 nitrogen and oxygen atoms in total. The molecular formula is C20H17N7OS2. The average molecular weight is 436 g/mol. The van der Waals surface area contributed by atoms with Crippen molar-refractivity contribution in [1.82, 2.24) is 25.4 Å². The first-order valence-electron chi connectivity index (χ1n) is 9.18. The summed E-state index contributed by atoms with van der Waals surface area (Å²) in [5, 5.41) is 3.86. The third-order valence-corrected chi connectivity index (χ3v) is 7.00. The molecule has 30 heavy (non-hydrogen) atoms. The molecule has 1 aliphatic rings. The number of fused-ring (bicyclic) bond motifs is 2. The van der Waals surface area contributed by atoms with Crippen molar-refractivity contribution in [1.29, 1.82) is 0 Å². The number of hydrogen-bond donors (Lipinski definition) is 4. The second-order valence-electron chi connectivity index (χ2n) is 6.58. The highest BCUT2D eigenvalue weighted by atomic mass is 32.2. The van der Waals surface area contributed by atoms with Gasteiger partial charge < -0.3 is 15.7 Å². The number of rotatable bonds is 6. The Balaban J connectivity index is 1.38. The van der Waals surface area contributed by atoms with Crippen LogP contribution < -0.4 is 11.2 Å². The van der Waals surface area contributed by atoms with Gasteiger partial charge in [-0.3, -0.25) is 4.79 Å². The number of benzene rings is 2. The highest BCUT2D eigenvalue weighted by molar-refractivity contribution is 8.21. The molecule has 10 heteroatoms. The summed E-state index contributed by atoms with van der Waals surface area (Å²) in [4.78, 5) is 28.1. The van der Waals surface area contributed by atoms with E-state index < -0.39 is 0 Å². The Morgan fingerprint density at radius 2 is 1.40 bits per heavy atom. The van der Waals surface area contributed by atoms with Crippen LogP contribution in [0.5, 0.6) is 0 Å². The van der Waals surface area contributed by atoms with Gasteiger partial charge in [-0.05, 0) is 24.3 Å². The lowest BCUT2D eigenvalue weighted by Gasteiger charge is -2.08. The van der Waals surface area contributed by atoms with E-state index in [1.54, 1.807) is 0 Å². The minimum Gasteiger partial charge on any atom is -0.382 e. The lowest BCUT2D eigenvalue weighted by atomic mass is 10.3. The fourth-order valence-electron chi connectivity index (χ4n) is 3.14. The fraction of sp³-hybridized carbons (Fsp3) is 0.100. The Bertz CT molecular complexity index is 1170. The van der Waals surface area contributed by atoms with Gasteiger partial charge in [0, 0.05) is 0 Å². The summed E-state index contributed by atoms with van der Waals surface area (Å²) in [6.07, 6.45) is 0. The summed E-state index contributed by atoms with van der Waals surface area (Å²) in [6, 6.07) is 15.7. The second kappa shape index (κ2) is 7.88. The van der Waals surface area contributed by atoms with Crippen molar-refractivity contribution in [3.8, 4) is 0 Å². The van der Waals surface area contributed by atoms with E-state index in [-0.39, 0.29) is 11.7 Å². The van der Waals surface area contributed by atoms with Gasteiger partial charge in [-0.1, -0.05) is 24.3 Å². The topological polar surface area (TPSA) is 125 Å². The Morgan fingerprint density at radius 3 is 1.87 bits per heavy atom. The predicted molar refractivity (Wildman–Crippen MR) is 122 cm³/mol. The van der Waals surface area contributed by atoms with E-state index in [4.69, 9.17) is 5.73 Å². The molecule has 5 rings (SSSR count). The van der Waals surface area contributed by atoms with E-state index in [2.05, 4.69) is 30.5 Å². The Morgan fingerprint density at radius 1 is 0.867 bits per heavy atom. The maximum Gasteiger partial charge on any atom is 0.276 e. The molecule has 0 saturated heterocycles. The largest absolute Gasteiger partial charge is 0.382 e. The van der Waals surface area contributed by atoms with Crippen LogP contribution in [0.4, 0.5) is 0 Å². The zero-order valence-electron chi connectivity index (χ0n) is 15.7. The summed E-state index contributed by atoms with van der Waals surface area (Å²) in [5.41, 5.74) is 12.6. The number of nitrogens with zero attached hydrogens (tertiary/aromatic N) is 3. The van der Waals surface area contributed by atoms with E-state index in [9.17, 15) is 4.79 Å². The first-order chi connectivity index (χ1) is 14.7. The van der Waals surface area contributed by atoms with E-state index in [1.807, 2.05) is 48.5 Å². The summed E-state index contributed by atoms with van der Waals surface area (Å²) < 4.78 is 0.784. The number of para-hydroxylation sites is 4. The summed E-state index contributed by atoms with van der Waals surface area (Å²) in [6.45, 7) is 0. The fourth-order valence-corrected chi connectivity index (χ4v) is 5.32. The molecule has 2 aromatic carbocycles. The minimum atomic E-state index is -0.295. The van der Waals surface area contributed by atoms with Crippen LogP contribution in [-0.4, -0.2) is 31.7 Å². The summed E-state index contributed by atoms with van der Waals surface area (Å²) >= 11 is 3.01. The number of aromatic nitrogens is 4. The molecule has 0 spiro atoms. The lowest BCUT2D eigenvalue weighted by molar-refractivity contribution is -0.116. The molecular weight excluding hydrogens is 418 g/mol. The van der Waals surface area contributed by atoms with E-state index in [0.717, 1.165) is 38.0 Å². The molecule has 0 unspecified atom stereocenters. The normalized spacial score (nSPS) is 13.8. The molecule has 150 valence electrons. The maximum absolute atomic E-state index is 12.3. The predicted octanol–water partition coefficient (Wildman–Crippen LogP) is 3.22. The van der Waals surface area contributed by atoms with Crippen molar-refractivity contribution in [3.05, 3.63) is 70.0 Å². The summed E-state index contributed by atoms with van der Waals surface area (Å²) in [5.74, 6) is 2.71. The standard InChI is InChI=1S/C20H17N7OS2/c21-18-17(19(28)27-26-18)20(29-9-15-22-11-5-1-2-6-12(11)23-15)30-10-16-24-13-7-3-4-8-14(13)25-16/h1-8H,9-10H2,(H2,21,26)(H,22,23)(H,24,25)(H,27,28). The van der Waals surface area contributed by atoms with Crippen LogP contribution in [0, 0.1) is 0 Å². The van der Waals surface area contributed by atoms with Gasteiger partial charge in [-0.2, -0.15) is 5.10 Å². The molecule has 0 aliphatic carbocycles. The molecule has 0 bridgehead atoms. The highest BCUT2D eigenvalue weighted by Crippen LogP contribution is 2.37. The van der Waals surface area contributed by atoms with Crippen molar-refractivity contribution in [2.75, 3.05) is 0 Å². The first kappa shape index (κ1) is 18.8. The van der Waals surface area contributed by atoms with Gasteiger partial charge in [0.05, 0.1) is 37.8 Å². The van der Waals surface area contributed by atoms with Crippen LogP contribution in [0.3, 0.4) is 0 Å². The van der Waals surface area contributed by atoms with Gasteiger partial charge in [-0.15, -0.1) is 23.5 Å². The quantitative estimate of drug-likeness (QED) is 0.345. The molecule has 0 radical (unpaired) electrons. The van der Waals surface area contributed by atoms with Crippen molar-refractivity contribution in [2.24, 2.45) is 10.8 Å².